The maximum Gasteiger partial charge on any atom is 0.227 e. The largest absolute Gasteiger partial charge is 0.321 e. The van der Waals surface area contributed by atoms with E-state index >= 15 is 0 Å². The molecule has 2 saturated heterocycles. The summed E-state index contributed by atoms with van der Waals surface area (Å²) < 4.78 is 52.5. The molecular weight excluding hydrogens is 514 g/mol. The summed E-state index contributed by atoms with van der Waals surface area (Å²) in [5.41, 5.74) is 2.95. The molecule has 0 spiro atoms. The first-order valence-electron chi connectivity index (χ1n) is 12.9. The van der Waals surface area contributed by atoms with Crippen LogP contribution in [0.2, 0.25) is 0 Å². The van der Waals surface area contributed by atoms with Crippen LogP contribution in [-0.4, -0.2) is 94.3 Å². The quantitative estimate of drug-likeness (QED) is 0.446. The van der Waals surface area contributed by atoms with Gasteiger partial charge in [0.15, 0.2) is 0 Å². The van der Waals surface area contributed by atoms with Crippen LogP contribution in [0.5, 0.6) is 0 Å². The Kier molecular flexibility index (Phi) is 7.40. The fourth-order valence-corrected chi connectivity index (χ4v) is 8.83. The van der Waals surface area contributed by atoms with Crippen molar-refractivity contribution in [3.8, 4) is 0 Å². The normalized spacial score (nSPS) is 23.1. The summed E-state index contributed by atoms with van der Waals surface area (Å²) in [6.45, 7) is 2.77. The molecule has 3 aliphatic rings. The molecule has 2 aromatic rings. The van der Waals surface area contributed by atoms with E-state index < -0.39 is 19.9 Å². The van der Waals surface area contributed by atoms with Crippen LogP contribution < -0.4 is 5.32 Å². The summed E-state index contributed by atoms with van der Waals surface area (Å²) in [5.74, 6) is 0.471. The summed E-state index contributed by atoms with van der Waals surface area (Å²) in [5, 5.41) is 7.36. The second-order valence-corrected chi connectivity index (χ2v) is 14.6. The van der Waals surface area contributed by atoms with Gasteiger partial charge in [0.1, 0.15) is 9.84 Å². The number of hydrogen-bond acceptors (Lipinski definition) is 9. The molecule has 5 rings (SSSR count). The Morgan fingerprint density at radius 2 is 1.89 bits per heavy atom. The van der Waals surface area contributed by atoms with Gasteiger partial charge in [-0.3, -0.25) is 9.58 Å². The molecule has 37 heavy (non-hydrogen) atoms. The summed E-state index contributed by atoms with van der Waals surface area (Å²) in [6.07, 6.45) is 11.4. The maximum absolute atomic E-state index is 12.7. The van der Waals surface area contributed by atoms with E-state index in [2.05, 4.69) is 26.4 Å². The Labute approximate surface area is 218 Å². The van der Waals surface area contributed by atoms with E-state index in [1.165, 1.54) is 9.88 Å². The molecule has 0 aromatic carbocycles. The van der Waals surface area contributed by atoms with Gasteiger partial charge in [0, 0.05) is 56.4 Å². The number of rotatable bonds is 11. The molecule has 2 aromatic heterocycles. The third-order valence-corrected chi connectivity index (χ3v) is 11.2. The first-order chi connectivity index (χ1) is 17.6. The van der Waals surface area contributed by atoms with Crippen LogP contribution >= 0.6 is 0 Å². The first-order valence-corrected chi connectivity index (χ1v) is 16.3. The Hall–Kier alpha value is -2.35. The van der Waals surface area contributed by atoms with Crippen LogP contribution in [0.1, 0.15) is 44.7 Å². The van der Waals surface area contributed by atoms with Gasteiger partial charge in [-0.05, 0) is 43.7 Å². The van der Waals surface area contributed by atoms with Gasteiger partial charge in [-0.25, -0.2) is 26.8 Å². The van der Waals surface area contributed by atoms with Gasteiger partial charge in [-0.1, -0.05) is 13.0 Å². The van der Waals surface area contributed by atoms with Gasteiger partial charge in [0.05, 0.1) is 29.1 Å². The molecule has 2 atom stereocenters. The smallest absolute Gasteiger partial charge is 0.227 e. The average molecular weight is 550 g/mol. The lowest BCUT2D eigenvalue weighted by Gasteiger charge is -2.48. The summed E-state index contributed by atoms with van der Waals surface area (Å²) in [7, 11) is -4.74. The van der Waals surface area contributed by atoms with E-state index in [0.717, 1.165) is 30.6 Å². The summed E-state index contributed by atoms with van der Waals surface area (Å²) in [4.78, 5) is 11.6. The highest BCUT2D eigenvalue weighted by Gasteiger charge is 2.47. The van der Waals surface area contributed by atoms with E-state index in [0.29, 0.717) is 31.5 Å². The van der Waals surface area contributed by atoms with Gasteiger partial charge in [0.2, 0.25) is 16.0 Å². The SMILES string of the molecule is CCCS(=O)(=O)CCCS(=O)(=O)N1CC(N2C3C=C(c4ccnc(Nc5cnn(C)c5)n4)CC2CC3)C1. The highest BCUT2D eigenvalue weighted by atomic mass is 32.2. The van der Waals surface area contributed by atoms with E-state index in [4.69, 9.17) is 4.98 Å². The number of sulfonamides is 1. The molecular formula is C24H35N7O4S2. The number of hydrogen-bond donors (Lipinski definition) is 1. The lowest BCUT2D eigenvalue weighted by Crippen LogP contribution is -2.64. The zero-order valence-electron chi connectivity index (χ0n) is 21.3. The minimum absolute atomic E-state index is 0.0658. The number of nitrogens with one attached hydrogen (secondary N) is 1. The molecule has 2 bridgehead atoms. The van der Waals surface area contributed by atoms with Crippen molar-refractivity contribution in [2.75, 3.05) is 35.7 Å². The van der Waals surface area contributed by atoms with E-state index in [9.17, 15) is 16.8 Å². The molecule has 11 nitrogen and oxygen atoms in total. The highest BCUT2D eigenvalue weighted by Crippen LogP contribution is 2.41. The fraction of sp³-hybridized carbons (Fsp3) is 0.625. The van der Waals surface area contributed by atoms with Crippen molar-refractivity contribution in [3.63, 3.8) is 0 Å². The van der Waals surface area contributed by atoms with Crippen molar-refractivity contribution in [1.82, 2.24) is 29.0 Å². The molecule has 2 unspecified atom stereocenters. The predicted octanol–water partition coefficient (Wildman–Crippen LogP) is 1.80. The second-order valence-electron chi connectivity index (χ2n) is 10.2. The van der Waals surface area contributed by atoms with Crippen LogP contribution in [0.15, 0.2) is 30.7 Å². The Bertz CT molecular complexity index is 1370. The third kappa shape index (κ3) is 5.89. The summed E-state index contributed by atoms with van der Waals surface area (Å²) in [6, 6.07) is 2.77. The average Bonchev–Trinajstić information content (AvgIpc) is 3.30. The molecule has 0 aliphatic carbocycles. The predicted molar refractivity (Wildman–Crippen MR) is 142 cm³/mol. The van der Waals surface area contributed by atoms with Crippen molar-refractivity contribution >= 4 is 37.1 Å². The van der Waals surface area contributed by atoms with Crippen LogP contribution in [0.3, 0.4) is 0 Å². The van der Waals surface area contributed by atoms with Crippen molar-refractivity contribution in [1.29, 1.82) is 0 Å². The molecule has 0 amide bonds. The van der Waals surface area contributed by atoms with Crippen LogP contribution in [0.25, 0.3) is 5.57 Å². The number of aryl methyl sites for hydroxylation is 1. The number of fused-ring (bicyclic) bond motifs is 2. The van der Waals surface area contributed by atoms with Gasteiger partial charge in [-0.2, -0.15) is 9.40 Å². The number of nitrogens with zero attached hydrogens (tertiary/aromatic N) is 6. The zero-order valence-corrected chi connectivity index (χ0v) is 23.0. The standard InChI is InChI=1S/C24H35N7O4S2/c1-3-9-36(32,33)10-4-11-37(34,35)30-16-22(17-30)31-20-5-6-21(31)13-18(12-20)23-7-8-25-24(28-23)27-19-14-26-29(2)15-19/h7-8,12,14-15,20-22H,3-6,9-11,13,16-17H2,1-2H3,(H,25,27,28). The first kappa shape index (κ1) is 26.3. The van der Waals surface area contributed by atoms with Gasteiger partial charge in [0.25, 0.3) is 0 Å². The second kappa shape index (κ2) is 10.4. The van der Waals surface area contributed by atoms with Crippen molar-refractivity contribution < 1.29 is 16.8 Å². The van der Waals surface area contributed by atoms with E-state index in [1.54, 1.807) is 17.1 Å². The Morgan fingerprint density at radius 3 is 2.59 bits per heavy atom. The number of anilines is 2. The molecule has 0 radical (unpaired) electrons. The van der Waals surface area contributed by atoms with E-state index in [-0.39, 0.29) is 35.8 Å². The third-order valence-electron chi connectivity index (χ3n) is 7.41. The molecule has 1 N–H and O–H groups in total. The van der Waals surface area contributed by atoms with Crippen LogP contribution in [0.4, 0.5) is 11.6 Å². The summed E-state index contributed by atoms with van der Waals surface area (Å²) >= 11 is 0. The molecule has 3 aliphatic heterocycles. The molecule has 202 valence electrons. The van der Waals surface area contributed by atoms with Crippen molar-refractivity contribution in [2.24, 2.45) is 7.05 Å². The van der Waals surface area contributed by atoms with Crippen molar-refractivity contribution in [2.45, 2.75) is 57.2 Å². The maximum atomic E-state index is 12.7. The van der Waals surface area contributed by atoms with Gasteiger partial charge in [-0.15, -0.1) is 0 Å². The molecule has 13 heteroatoms. The molecule has 0 saturated carbocycles. The Balaban J connectivity index is 1.18. The molecule has 2 fully saturated rings. The topological polar surface area (TPSA) is 130 Å². The van der Waals surface area contributed by atoms with Gasteiger partial charge >= 0.3 is 0 Å². The van der Waals surface area contributed by atoms with E-state index in [1.807, 2.05) is 26.2 Å². The minimum Gasteiger partial charge on any atom is -0.321 e. The number of aromatic nitrogens is 4. The van der Waals surface area contributed by atoms with Crippen molar-refractivity contribution in [3.05, 3.63) is 36.4 Å². The van der Waals surface area contributed by atoms with Crippen LogP contribution in [0, 0.1) is 0 Å². The number of sulfone groups is 1. The van der Waals surface area contributed by atoms with Crippen LogP contribution in [-0.2, 0) is 26.9 Å². The minimum atomic E-state index is -3.43. The fourth-order valence-electron chi connectivity index (χ4n) is 5.67. The Morgan fingerprint density at radius 1 is 1.08 bits per heavy atom. The monoisotopic (exact) mass is 549 g/mol. The van der Waals surface area contributed by atoms with Gasteiger partial charge < -0.3 is 5.32 Å². The highest BCUT2D eigenvalue weighted by molar-refractivity contribution is 7.91. The lowest BCUT2D eigenvalue weighted by atomic mass is 9.95. The zero-order chi connectivity index (χ0) is 26.2. The molecule has 5 heterocycles. The lowest BCUT2D eigenvalue weighted by molar-refractivity contribution is 0.0565.